The molecule has 12 rings (SSSR count). The first-order valence-corrected chi connectivity index (χ1v) is 17.3. The van der Waals surface area contributed by atoms with Crippen LogP contribution in [-0.2, 0) is 0 Å². The van der Waals surface area contributed by atoms with Crippen molar-refractivity contribution in [3.63, 3.8) is 0 Å². The summed E-state index contributed by atoms with van der Waals surface area (Å²) in [4.78, 5) is 0. The third-order valence-corrected chi connectivity index (χ3v) is 11.1. The second kappa shape index (κ2) is 9.49. The largest absolute Gasteiger partial charge is 0.456 e. The van der Waals surface area contributed by atoms with Gasteiger partial charge in [0.1, 0.15) is 11.2 Å². The van der Waals surface area contributed by atoms with Gasteiger partial charge in [-0.3, -0.25) is 0 Å². The first kappa shape index (κ1) is 26.3. The van der Waals surface area contributed by atoms with Crippen LogP contribution in [0, 0.1) is 0 Å². The summed E-state index contributed by atoms with van der Waals surface area (Å²) in [5.74, 6) is 0. The number of benzene rings is 10. The summed E-state index contributed by atoms with van der Waals surface area (Å²) in [6, 6.07) is 60.2. The summed E-state index contributed by atoms with van der Waals surface area (Å²) in [6.45, 7) is 0. The predicted molar refractivity (Wildman–Crippen MR) is 212 cm³/mol. The molecule has 0 amide bonds. The molecule has 2 aromatic heterocycles. The molecule has 0 unspecified atom stereocenters. The molecule has 0 atom stereocenters. The van der Waals surface area contributed by atoms with Crippen molar-refractivity contribution in [1.29, 1.82) is 0 Å². The quantitative estimate of drug-likeness (QED) is 0.173. The van der Waals surface area contributed by atoms with E-state index in [0.717, 1.165) is 11.2 Å². The first-order chi connectivity index (χ1) is 24.8. The molecule has 0 spiro atoms. The second-order valence-corrected chi connectivity index (χ2v) is 13.6. The fourth-order valence-corrected chi connectivity index (χ4v) is 8.96. The maximum Gasteiger partial charge on any atom is 0.136 e. The van der Waals surface area contributed by atoms with E-state index < -0.39 is 0 Å². The van der Waals surface area contributed by atoms with Crippen LogP contribution < -0.4 is 0 Å². The molecule has 0 N–H and O–H groups in total. The zero-order valence-electron chi connectivity index (χ0n) is 26.9. The van der Waals surface area contributed by atoms with E-state index in [1.807, 2.05) is 0 Å². The minimum absolute atomic E-state index is 0.948. The van der Waals surface area contributed by atoms with Crippen LogP contribution in [0.4, 0.5) is 0 Å². The van der Waals surface area contributed by atoms with Gasteiger partial charge >= 0.3 is 0 Å². The van der Waals surface area contributed by atoms with Crippen LogP contribution in [0.1, 0.15) is 0 Å². The summed E-state index contributed by atoms with van der Waals surface area (Å²) < 4.78 is 8.73. The number of hydrogen-bond acceptors (Lipinski definition) is 1. The Balaban J connectivity index is 1.15. The minimum atomic E-state index is 0.948. The van der Waals surface area contributed by atoms with Crippen molar-refractivity contribution in [3.05, 3.63) is 164 Å². The van der Waals surface area contributed by atoms with Crippen LogP contribution in [0.2, 0.25) is 0 Å². The molecule has 230 valence electrons. The molecule has 0 saturated carbocycles. The SMILES string of the molecule is c1ccc2c(c1)c1ccc(-c3ccc4c(c3)c3cccc5oc6cccc4c6c53)cc1c1cc(-n3c4ccccc4c4ccccc43)ccc21. The zero-order chi connectivity index (χ0) is 32.5. The Morgan fingerprint density at radius 3 is 1.32 bits per heavy atom. The molecule has 2 nitrogen and oxygen atoms in total. The molecule has 0 saturated heterocycles. The highest BCUT2D eigenvalue weighted by molar-refractivity contribution is 6.33. The van der Waals surface area contributed by atoms with E-state index in [-0.39, 0.29) is 0 Å². The van der Waals surface area contributed by atoms with Crippen LogP contribution in [0.3, 0.4) is 0 Å². The van der Waals surface area contributed by atoms with E-state index in [2.05, 4.69) is 168 Å². The summed E-state index contributed by atoms with van der Waals surface area (Å²) >= 11 is 0. The van der Waals surface area contributed by atoms with Crippen molar-refractivity contribution < 1.29 is 4.42 Å². The van der Waals surface area contributed by atoms with E-state index in [0.29, 0.717) is 0 Å². The minimum Gasteiger partial charge on any atom is -0.456 e. The Morgan fingerprint density at radius 1 is 0.300 bits per heavy atom. The fraction of sp³-hybridized carbons (Fsp3) is 0. The molecule has 10 aromatic carbocycles. The van der Waals surface area contributed by atoms with E-state index in [1.54, 1.807) is 0 Å². The zero-order valence-corrected chi connectivity index (χ0v) is 26.9. The molecule has 2 heterocycles. The van der Waals surface area contributed by atoms with E-state index >= 15 is 0 Å². The number of furan rings is 1. The van der Waals surface area contributed by atoms with Gasteiger partial charge in [-0.25, -0.2) is 0 Å². The normalized spacial score (nSPS) is 12.4. The highest BCUT2D eigenvalue weighted by atomic mass is 16.3. The molecule has 12 aromatic rings. The van der Waals surface area contributed by atoms with Gasteiger partial charge in [-0.15, -0.1) is 0 Å². The molecule has 0 bridgehead atoms. The van der Waals surface area contributed by atoms with Gasteiger partial charge < -0.3 is 8.98 Å². The predicted octanol–water partition coefficient (Wildman–Crippen LogP) is 13.6. The molecular weight excluding hydrogens is 607 g/mol. The fourth-order valence-electron chi connectivity index (χ4n) is 8.96. The van der Waals surface area contributed by atoms with Crippen molar-refractivity contribution in [1.82, 2.24) is 4.57 Å². The number of aromatic nitrogens is 1. The lowest BCUT2D eigenvalue weighted by atomic mass is 9.90. The average molecular weight is 634 g/mol. The number of hydrogen-bond donors (Lipinski definition) is 0. The standard InChI is InChI=1S/C48H27NO/c1-2-10-32-31(9-1)33-22-19-29(28-20-23-35-38-13-7-17-45-47(38)48-39(40(35)25-28)14-8-18-46(48)50-45)26-41(33)42-27-30(21-24-34(32)42)49-43-15-5-3-11-36(43)37-12-4-6-16-44(37)49/h1-27H. The molecular formula is C48H27NO. The highest BCUT2D eigenvalue weighted by Gasteiger charge is 2.18. The topological polar surface area (TPSA) is 18.1 Å². The molecule has 50 heavy (non-hydrogen) atoms. The van der Waals surface area contributed by atoms with Crippen molar-refractivity contribution in [2.24, 2.45) is 0 Å². The smallest absolute Gasteiger partial charge is 0.136 e. The molecule has 2 heteroatoms. The summed E-state index contributed by atoms with van der Waals surface area (Å²) in [5, 5.41) is 17.6. The average Bonchev–Trinajstić information content (AvgIpc) is 3.74. The van der Waals surface area contributed by atoms with Crippen LogP contribution in [-0.4, -0.2) is 4.57 Å². The first-order valence-electron chi connectivity index (χ1n) is 17.3. The van der Waals surface area contributed by atoms with Crippen molar-refractivity contribution in [2.75, 3.05) is 0 Å². The third kappa shape index (κ3) is 3.37. The van der Waals surface area contributed by atoms with E-state index in [4.69, 9.17) is 4.42 Å². The van der Waals surface area contributed by atoms with Gasteiger partial charge in [0.25, 0.3) is 0 Å². The molecule has 0 aliphatic carbocycles. The van der Waals surface area contributed by atoms with Gasteiger partial charge in [-0.05, 0) is 114 Å². The van der Waals surface area contributed by atoms with Crippen LogP contribution in [0.15, 0.2) is 168 Å². The molecule has 0 aliphatic rings. The second-order valence-electron chi connectivity index (χ2n) is 13.6. The van der Waals surface area contributed by atoms with Gasteiger partial charge in [-0.1, -0.05) is 115 Å². The maximum atomic E-state index is 6.31. The lowest BCUT2D eigenvalue weighted by Gasteiger charge is -2.15. The molecule has 0 aliphatic heterocycles. The van der Waals surface area contributed by atoms with E-state index in [1.165, 1.54) is 103 Å². The summed E-state index contributed by atoms with van der Waals surface area (Å²) in [5.41, 5.74) is 7.93. The molecule has 0 fully saturated rings. The Bertz CT molecular complexity index is 3320. The van der Waals surface area contributed by atoms with Gasteiger partial charge in [0.2, 0.25) is 0 Å². The number of nitrogens with zero attached hydrogens (tertiary/aromatic N) is 1. The summed E-state index contributed by atoms with van der Waals surface area (Å²) in [7, 11) is 0. The Labute approximate surface area is 286 Å². The lowest BCUT2D eigenvalue weighted by Crippen LogP contribution is -1.94. The van der Waals surface area contributed by atoms with Crippen LogP contribution in [0.25, 0.3) is 114 Å². The third-order valence-electron chi connectivity index (χ3n) is 11.1. The van der Waals surface area contributed by atoms with Crippen molar-refractivity contribution in [3.8, 4) is 16.8 Å². The van der Waals surface area contributed by atoms with Crippen molar-refractivity contribution >= 4 is 97.6 Å². The Kier molecular flexibility index (Phi) is 5.00. The number of fused-ring (bicyclic) bond motifs is 12. The molecule has 0 radical (unpaired) electrons. The van der Waals surface area contributed by atoms with E-state index in [9.17, 15) is 0 Å². The van der Waals surface area contributed by atoms with Gasteiger partial charge in [0.05, 0.1) is 11.0 Å². The Hall–Kier alpha value is -6.64. The summed E-state index contributed by atoms with van der Waals surface area (Å²) in [6.07, 6.45) is 0. The van der Waals surface area contributed by atoms with Crippen LogP contribution in [0.5, 0.6) is 0 Å². The highest BCUT2D eigenvalue weighted by Crippen LogP contribution is 2.44. The Morgan fingerprint density at radius 2 is 0.720 bits per heavy atom. The van der Waals surface area contributed by atoms with Crippen molar-refractivity contribution in [2.45, 2.75) is 0 Å². The van der Waals surface area contributed by atoms with Gasteiger partial charge in [-0.2, -0.15) is 0 Å². The van der Waals surface area contributed by atoms with Crippen LogP contribution >= 0.6 is 0 Å². The van der Waals surface area contributed by atoms with Gasteiger partial charge in [0, 0.05) is 27.2 Å². The lowest BCUT2D eigenvalue weighted by molar-refractivity contribution is 0.669. The monoisotopic (exact) mass is 633 g/mol. The maximum absolute atomic E-state index is 6.31. The van der Waals surface area contributed by atoms with Gasteiger partial charge in [0.15, 0.2) is 0 Å². The number of rotatable bonds is 2. The number of para-hydroxylation sites is 2.